The number of aliphatic hydroxyl groups is 1. The number of pyridine rings is 1. The van der Waals surface area contributed by atoms with E-state index < -0.39 is 5.60 Å². The first kappa shape index (κ1) is 26.3. The minimum atomic E-state index is -0.565. The van der Waals surface area contributed by atoms with Gasteiger partial charge in [0.2, 0.25) is 0 Å². The summed E-state index contributed by atoms with van der Waals surface area (Å²) in [7, 11) is 3.94. The number of aryl methyl sites for hydroxylation is 1. The van der Waals surface area contributed by atoms with Gasteiger partial charge in [-0.15, -0.1) is 10.2 Å². The van der Waals surface area contributed by atoms with Crippen LogP contribution in [-0.4, -0.2) is 54.9 Å². The first-order chi connectivity index (χ1) is 19.8. The monoisotopic (exact) mass is 568 g/mol. The molecule has 41 heavy (non-hydrogen) atoms. The molecule has 3 heterocycles. The van der Waals surface area contributed by atoms with E-state index >= 15 is 0 Å². The van der Waals surface area contributed by atoms with Gasteiger partial charge in [0, 0.05) is 47.9 Å². The molecule has 210 valence electrons. The van der Waals surface area contributed by atoms with Crippen LogP contribution in [0.2, 0.25) is 5.02 Å². The van der Waals surface area contributed by atoms with Crippen LogP contribution in [0.3, 0.4) is 0 Å². The number of rotatable bonds is 8. The number of amides is 1. The van der Waals surface area contributed by atoms with E-state index in [9.17, 15) is 9.90 Å². The average molecular weight is 569 g/mol. The lowest BCUT2D eigenvalue weighted by atomic mass is 9.80. The molecule has 2 fully saturated rings. The summed E-state index contributed by atoms with van der Waals surface area (Å²) in [5.41, 5.74) is 6.08. The van der Waals surface area contributed by atoms with Gasteiger partial charge in [-0.25, -0.2) is 4.98 Å². The lowest BCUT2D eigenvalue weighted by Crippen LogP contribution is -2.46. The summed E-state index contributed by atoms with van der Waals surface area (Å²) in [5.74, 6) is 1.76. The van der Waals surface area contributed by atoms with E-state index in [0.29, 0.717) is 36.4 Å². The van der Waals surface area contributed by atoms with Gasteiger partial charge in [0.15, 0.2) is 5.82 Å². The molecule has 2 aromatic carbocycles. The van der Waals surface area contributed by atoms with Crippen molar-refractivity contribution in [2.24, 2.45) is 7.05 Å². The number of carbonyl (C=O) groups is 1. The number of nitrogens with zero attached hydrogens (tertiary/aromatic N) is 6. The van der Waals surface area contributed by atoms with Crippen LogP contribution in [0.1, 0.15) is 65.2 Å². The van der Waals surface area contributed by atoms with E-state index in [4.69, 9.17) is 16.6 Å². The molecule has 4 aromatic rings. The predicted molar refractivity (Wildman–Crippen MR) is 159 cm³/mol. The van der Waals surface area contributed by atoms with Crippen LogP contribution >= 0.6 is 11.6 Å². The van der Waals surface area contributed by atoms with Gasteiger partial charge in [0.05, 0.1) is 12.1 Å². The Labute approximate surface area is 244 Å². The fourth-order valence-corrected chi connectivity index (χ4v) is 6.32. The molecule has 0 spiro atoms. The van der Waals surface area contributed by atoms with Gasteiger partial charge in [0.25, 0.3) is 5.91 Å². The van der Waals surface area contributed by atoms with Crippen LogP contribution in [0, 0.1) is 0 Å². The van der Waals surface area contributed by atoms with Gasteiger partial charge in [0.1, 0.15) is 12.1 Å². The number of aromatic nitrogens is 4. The van der Waals surface area contributed by atoms with Crippen LogP contribution < -0.4 is 4.90 Å². The van der Waals surface area contributed by atoms with Gasteiger partial charge in [-0.2, -0.15) is 0 Å². The fourth-order valence-electron chi connectivity index (χ4n) is 6.14. The second kappa shape index (κ2) is 10.0. The minimum absolute atomic E-state index is 0.0295. The molecule has 8 nitrogen and oxygen atoms in total. The third kappa shape index (κ3) is 5.05. The molecule has 1 aliphatic heterocycles. The maximum Gasteiger partial charge on any atom is 0.260 e. The molecule has 0 saturated heterocycles. The molecule has 1 N–H and O–H groups in total. The van der Waals surface area contributed by atoms with E-state index in [-0.39, 0.29) is 5.91 Å². The minimum Gasteiger partial charge on any atom is -0.389 e. The topological polar surface area (TPSA) is 87.4 Å². The molecule has 1 amide bonds. The van der Waals surface area contributed by atoms with Crippen molar-refractivity contribution in [1.82, 2.24) is 24.6 Å². The Hall–Kier alpha value is -3.59. The predicted octanol–water partition coefficient (Wildman–Crippen LogP) is 5.58. The number of fused-ring (bicyclic) bond motifs is 1. The van der Waals surface area contributed by atoms with E-state index in [1.165, 1.54) is 0 Å². The SMILES string of the molecule is CN(Cc1ccc2c(c1)C(=O)N(c1cc(-c3ccc(Cl)cc3-c3nncn3C)cc(C3CC3)n1)C2)CC1(O)CCC1. The summed E-state index contributed by atoms with van der Waals surface area (Å²) in [4.78, 5) is 22.7. The van der Waals surface area contributed by atoms with Crippen LogP contribution in [-0.2, 0) is 20.1 Å². The summed E-state index contributed by atoms with van der Waals surface area (Å²) >= 11 is 6.42. The first-order valence-electron chi connectivity index (χ1n) is 14.3. The Morgan fingerprint density at radius 3 is 2.61 bits per heavy atom. The van der Waals surface area contributed by atoms with E-state index in [1.54, 1.807) is 11.2 Å². The normalized spacial score (nSPS) is 17.7. The number of halogens is 1. The van der Waals surface area contributed by atoms with Gasteiger partial charge in [-0.1, -0.05) is 29.8 Å². The summed E-state index contributed by atoms with van der Waals surface area (Å²) in [6, 6.07) is 16.1. The lowest BCUT2D eigenvalue weighted by molar-refractivity contribution is -0.0555. The lowest BCUT2D eigenvalue weighted by Gasteiger charge is -2.39. The molecule has 3 aliphatic rings. The third-order valence-corrected chi connectivity index (χ3v) is 8.86. The summed E-state index contributed by atoms with van der Waals surface area (Å²) < 4.78 is 1.88. The van der Waals surface area contributed by atoms with E-state index in [1.807, 2.05) is 49.0 Å². The van der Waals surface area contributed by atoms with Crippen LogP contribution in [0.5, 0.6) is 0 Å². The zero-order chi connectivity index (χ0) is 28.3. The number of anilines is 1. The fraction of sp³-hybridized carbons (Fsp3) is 0.375. The second-order valence-electron chi connectivity index (χ2n) is 12.0. The maximum absolute atomic E-state index is 13.8. The molecular formula is C32H33ClN6O2. The van der Waals surface area contributed by atoms with Crippen LogP contribution in [0.15, 0.2) is 54.9 Å². The van der Waals surface area contributed by atoms with Crippen LogP contribution in [0.25, 0.3) is 22.5 Å². The van der Waals surface area contributed by atoms with Crippen LogP contribution in [0.4, 0.5) is 5.82 Å². The first-order valence-corrected chi connectivity index (χ1v) is 14.6. The highest BCUT2D eigenvalue weighted by molar-refractivity contribution is 6.31. The number of likely N-dealkylation sites (N-methyl/N-ethyl adjacent to an activating group) is 1. The highest BCUT2D eigenvalue weighted by Gasteiger charge is 2.36. The second-order valence-corrected chi connectivity index (χ2v) is 12.4. The van der Waals surface area contributed by atoms with Crippen molar-refractivity contribution in [3.8, 4) is 22.5 Å². The van der Waals surface area contributed by atoms with Crippen molar-refractivity contribution in [3.63, 3.8) is 0 Å². The number of carbonyl (C=O) groups excluding carboxylic acids is 1. The molecule has 0 radical (unpaired) electrons. The zero-order valence-electron chi connectivity index (χ0n) is 23.3. The van der Waals surface area contributed by atoms with Crippen molar-refractivity contribution in [3.05, 3.63) is 82.3 Å². The Balaban J connectivity index is 1.21. The number of hydrogen-bond acceptors (Lipinski definition) is 6. The summed E-state index contributed by atoms with van der Waals surface area (Å²) in [5, 5.41) is 19.6. The number of hydrogen-bond donors (Lipinski definition) is 1. The van der Waals surface area contributed by atoms with E-state index in [2.05, 4.69) is 33.3 Å². The van der Waals surface area contributed by atoms with Crippen molar-refractivity contribution >= 4 is 23.3 Å². The Morgan fingerprint density at radius 2 is 1.90 bits per heavy atom. The Morgan fingerprint density at radius 1 is 1.07 bits per heavy atom. The third-order valence-electron chi connectivity index (χ3n) is 8.63. The molecule has 2 aromatic heterocycles. The zero-order valence-corrected chi connectivity index (χ0v) is 24.1. The van der Waals surface area contributed by atoms with Crippen molar-refractivity contribution in [2.75, 3.05) is 18.5 Å². The highest BCUT2D eigenvalue weighted by Crippen LogP contribution is 2.43. The highest BCUT2D eigenvalue weighted by atomic mass is 35.5. The number of benzene rings is 2. The molecule has 0 unspecified atom stereocenters. The maximum atomic E-state index is 13.8. The van der Waals surface area contributed by atoms with Gasteiger partial charge < -0.3 is 9.67 Å². The molecule has 2 saturated carbocycles. The standard InChI is InChI=1S/C32H33ClN6O2/c1-37(18-32(41)10-3-11-32)16-20-4-5-22-17-39(31(40)26(22)12-20)29-14-23(13-28(35-29)21-6-7-21)25-9-8-24(33)15-27(25)30-36-34-19-38(30)2/h4-5,8-9,12-15,19,21,41H,3,6-7,10-11,16-18H2,1-2H3. The average Bonchev–Trinajstić information content (AvgIpc) is 3.62. The van der Waals surface area contributed by atoms with Gasteiger partial charge in [-0.05, 0) is 91.7 Å². The van der Waals surface area contributed by atoms with Gasteiger partial charge in [-0.3, -0.25) is 14.6 Å². The summed E-state index contributed by atoms with van der Waals surface area (Å²) in [6.07, 6.45) is 6.69. The molecule has 0 atom stereocenters. The molecule has 7 rings (SSSR count). The van der Waals surface area contributed by atoms with Crippen molar-refractivity contribution in [1.29, 1.82) is 0 Å². The quantitative estimate of drug-likeness (QED) is 0.298. The smallest absolute Gasteiger partial charge is 0.260 e. The van der Waals surface area contributed by atoms with Crippen molar-refractivity contribution < 1.29 is 9.90 Å². The molecule has 9 heteroatoms. The van der Waals surface area contributed by atoms with E-state index in [0.717, 1.165) is 77.0 Å². The summed E-state index contributed by atoms with van der Waals surface area (Å²) in [6.45, 7) is 1.82. The van der Waals surface area contributed by atoms with Crippen molar-refractivity contribution in [2.45, 2.75) is 56.7 Å². The molecule has 0 bridgehead atoms. The molecular weight excluding hydrogens is 536 g/mol. The Kier molecular flexibility index (Phi) is 6.45. The van der Waals surface area contributed by atoms with Gasteiger partial charge >= 0.3 is 0 Å². The largest absolute Gasteiger partial charge is 0.389 e. The Bertz CT molecular complexity index is 1660. The molecule has 2 aliphatic carbocycles.